The van der Waals surface area contributed by atoms with Gasteiger partial charge in [0.15, 0.2) is 0 Å². The molecule has 0 amide bonds. The van der Waals surface area contributed by atoms with Crippen LogP contribution in [0.15, 0.2) is 60.7 Å². The van der Waals surface area contributed by atoms with Crippen LogP contribution in [0.25, 0.3) is 0 Å². The van der Waals surface area contributed by atoms with Gasteiger partial charge in [0, 0.05) is 11.5 Å². The van der Waals surface area contributed by atoms with Crippen LogP contribution >= 0.6 is 11.6 Å². The van der Waals surface area contributed by atoms with Crippen LogP contribution in [0, 0.1) is 32.6 Å². The Bertz CT molecular complexity index is 1130. The van der Waals surface area contributed by atoms with Crippen LogP contribution in [0.2, 0.25) is 5.02 Å². The zero-order valence-corrected chi connectivity index (χ0v) is 19.5. The zero-order chi connectivity index (χ0) is 23.1. The van der Waals surface area contributed by atoms with E-state index in [1.165, 1.54) is 27.8 Å². The third-order valence-electron chi connectivity index (χ3n) is 5.42. The largest absolute Gasteiger partial charge is 0.489 e. The molecular formula is C28H29ClO3. The summed E-state index contributed by atoms with van der Waals surface area (Å²) in [6.45, 7) is 5.97. The predicted molar refractivity (Wildman–Crippen MR) is 130 cm³/mol. The summed E-state index contributed by atoms with van der Waals surface area (Å²) in [7, 11) is 0. The van der Waals surface area contributed by atoms with E-state index in [0.29, 0.717) is 10.8 Å². The maximum absolute atomic E-state index is 9.45. The number of hydrogen-bond acceptors (Lipinski definition) is 3. The van der Waals surface area contributed by atoms with Gasteiger partial charge in [-0.2, -0.15) is 0 Å². The predicted octanol–water partition coefficient (Wildman–Crippen LogP) is 5.38. The first-order valence-electron chi connectivity index (χ1n) is 10.7. The van der Waals surface area contributed by atoms with Crippen LogP contribution < -0.4 is 4.74 Å². The van der Waals surface area contributed by atoms with Gasteiger partial charge in [0.25, 0.3) is 0 Å². The summed E-state index contributed by atoms with van der Waals surface area (Å²) in [6.07, 6.45) is -0.114. The molecule has 2 N–H and O–H groups in total. The fraction of sp³-hybridized carbons (Fsp3) is 0.286. The highest BCUT2D eigenvalue weighted by Gasteiger charge is 2.11. The van der Waals surface area contributed by atoms with E-state index in [1.807, 2.05) is 6.07 Å². The Morgan fingerprint density at radius 3 is 2.47 bits per heavy atom. The Labute approximate surface area is 195 Å². The molecule has 32 heavy (non-hydrogen) atoms. The second-order valence-corrected chi connectivity index (χ2v) is 8.56. The highest BCUT2D eigenvalue weighted by Crippen LogP contribution is 2.26. The first-order chi connectivity index (χ1) is 15.4. The second kappa shape index (κ2) is 11.2. The van der Waals surface area contributed by atoms with Crippen LogP contribution in [0.3, 0.4) is 0 Å². The van der Waals surface area contributed by atoms with Crippen LogP contribution in [0.4, 0.5) is 0 Å². The molecule has 3 rings (SSSR count). The quantitative estimate of drug-likeness (QED) is 0.477. The van der Waals surface area contributed by atoms with Crippen LogP contribution in [-0.2, 0) is 6.42 Å². The molecule has 0 aliphatic rings. The fourth-order valence-corrected chi connectivity index (χ4v) is 3.65. The Balaban J connectivity index is 1.85. The standard InChI is InChI=1S/C28H29ClO3/c1-19-5-4-6-24(13-19)25(15-23-8-7-20(2)21(3)14-23)11-9-22-10-12-28(27(29)16-22)32-18-26(31)17-30/h4-8,10,12-14,16,25-26,30-31H,15,17-18H2,1-3H3. The van der Waals surface area contributed by atoms with Crippen molar-refractivity contribution in [3.63, 3.8) is 0 Å². The molecule has 2 unspecified atom stereocenters. The molecule has 0 aliphatic carbocycles. The SMILES string of the molecule is Cc1cccc(C(C#Cc2ccc(OCC(O)CO)c(Cl)c2)Cc2ccc(C)c(C)c2)c1. The van der Waals surface area contributed by atoms with Crippen molar-refractivity contribution in [1.29, 1.82) is 0 Å². The third-order valence-corrected chi connectivity index (χ3v) is 5.72. The summed E-state index contributed by atoms with van der Waals surface area (Å²) in [6, 6.07) is 20.4. The highest BCUT2D eigenvalue weighted by atomic mass is 35.5. The van der Waals surface area contributed by atoms with Crippen molar-refractivity contribution >= 4 is 11.6 Å². The van der Waals surface area contributed by atoms with E-state index in [-0.39, 0.29) is 19.1 Å². The first kappa shape index (κ1) is 23.9. The van der Waals surface area contributed by atoms with Gasteiger partial charge in [-0.1, -0.05) is 71.5 Å². The van der Waals surface area contributed by atoms with E-state index in [9.17, 15) is 5.11 Å². The van der Waals surface area contributed by atoms with Crippen molar-refractivity contribution in [1.82, 2.24) is 0 Å². The lowest BCUT2D eigenvalue weighted by atomic mass is 9.90. The minimum absolute atomic E-state index is 0.0212. The van der Waals surface area contributed by atoms with Crippen molar-refractivity contribution in [3.8, 4) is 17.6 Å². The smallest absolute Gasteiger partial charge is 0.138 e. The van der Waals surface area contributed by atoms with E-state index < -0.39 is 6.10 Å². The van der Waals surface area contributed by atoms with E-state index in [4.69, 9.17) is 21.4 Å². The van der Waals surface area contributed by atoms with E-state index in [0.717, 1.165) is 12.0 Å². The van der Waals surface area contributed by atoms with Crippen molar-refractivity contribution in [2.75, 3.05) is 13.2 Å². The number of aliphatic hydroxyl groups is 2. The van der Waals surface area contributed by atoms with Crippen LogP contribution in [0.1, 0.15) is 39.3 Å². The topological polar surface area (TPSA) is 49.7 Å². The number of aryl methyl sites for hydroxylation is 3. The number of benzene rings is 3. The third kappa shape index (κ3) is 6.61. The molecule has 0 heterocycles. The van der Waals surface area contributed by atoms with Gasteiger partial charge in [0.05, 0.1) is 11.6 Å². The number of ether oxygens (including phenoxy) is 1. The molecule has 4 heteroatoms. The van der Waals surface area contributed by atoms with Gasteiger partial charge >= 0.3 is 0 Å². The summed E-state index contributed by atoms with van der Waals surface area (Å²) in [5.41, 5.74) is 7.03. The number of rotatable bonds is 7. The summed E-state index contributed by atoms with van der Waals surface area (Å²) in [5, 5.41) is 18.8. The van der Waals surface area contributed by atoms with Gasteiger partial charge in [0.2, 0.25) is 0 Å². The molecule has 0 aromatic heterocycles. The molecule has 0 fully saturated rings. The lowest BCUT2D eigenvalue weighted by Crippen LogP contribution is -2.21. The minimum Gasteiger partial charge on any atom is -0.489 e. The van der Waals surface area contributed by atoms with Gasteiger partial charge in [-0.05, 0) is 67.6 Å². The first-order valence-corrected chi connectivity index (χ1v) is 11.1. The summed E-state index contributed by atoms with van der Waals surface area (Å²) < 4.78 is 5.46. The molecule has 0 radical (unpaired) electrons. The fourth-order valence-electron chi connectivity index (χ4n) is 3.41. The lowest BCUT2D eigenvalue weighted by molar-refractivity contribution is 0.0536. The van der Waals surface area contributed by atoms with Crippen molar-refractivity contribution in [2.45, 2.75) is 39.2 Å². The monoisotopic (exact) mass is 448 g/mol. The van der Waals surface area contributed by atoms with Crippen molar-refractivity contribution < 1.29 is 14.9 Å². The number of halogens is 1. The molecule has 0 saturated carbocycles. The van der Waals surface area contributed by atoms with Gasteiger partial charge in [-0.15, -0.1) is 0 Å². The number of hydrogen-bond donors (Lipinski definition) is 2. The van der Waals surface area contributed by atoms with Gasteiger partial charge in [-0.3, -0.25) is 0 Å². The average molecular weight is 449 g/mol. The lowest BCUT2D eigenvalue weighted by Gasteiger charge is -2.14. The van der Waals surface area contributed by atoms with Gasteiger partial charge in [0.1, 0.15) is 18.5 Å². The van der Waals surface area contributed by atoms with Crippen molar-refractivity contribution in [3.05, 3.63) is 99.1 Å². The Morgan fingerprint density at radius 1 is 0.969 bits per heavy atom. The molecule has 3 nitrogen and oxygen atoms in total. The normalized spacial score (nSPS) is 12.6. The number of aliphatic hydroxyl groups excluding tert-OH is 2. The molecule has 2 atom stereocenters. The van der Waals surface area contributed by atoms with E-state index >= 15 is 0 Å². The Kier molecular flexibility index (Phi) is 8.36. The summed E-state index contributed by atoms with van der Waals surface area (Å²) >= 11 is 6.33. The molecular weight excluding hydrogens is 420 g/mol. The molecule has 0 spiro atoms. The summed E-state index contributed by atoms with van der Waals surface area (Å²) in [5.74, 6) is 7.22. The molecule has 0 bridgehead atoms. The maximum atomic E-state index is 9.45. The Morgan fingerprint density at radius 2 is 1.78 bits per heavy atom. The van der Waals surface area contributed by atoms with E-state index in [1.54, 1.807) is 12.1 Å². The second-order valence-electron chi connectivity index (χ2n) is 8.15. The Hall–Kier alpha value is -2.77. The van der Waals surface area contributed by atoms with Crippen LogP contribution in [-0.4, -0.2) is 29.5 Å². The molecule has 0 aliphatic heterocycles. The van der Waals surface area contributed by atoms with Gasteiger partial charge < -0.3 is 14.9 Å². The van der Waals surface area contributed by atoms with Crippen molar-refractivity contribution in [2.24, 2.45) is 0 Å². The molecule has 0 saturated heterocycles. The van der Waals surface area contributed by atoms with E-state index in [2.05, 4.69) is 75.1 Å². The molecule has 166 valence electrons. The summed E-state index contributed by atoms with van der Waals surface area (Å²) in [4.78, 5) is 0. The van der Waals surface area contributed by atoms with Crippen LogP contribution in [0.5, 0.6) is 5.75 Å². The maximum Gasteiger partial charge on any atom is 0.138 e. The minimum atomic E-state index is -0.939. The van der Waals surface area contributed by atoms with Gasteiger partial charge in [-0.25, -0.2) is 0 Å². The average Bonchev–Trinajstić information content (AvgIpc) is 2.78. The highest BCUT2D eigenvalue weighted by molar-refractivity contribution is 6.32. The molecule has 3 aromatic carbocycles. The molecule has 3 aromatic rings. The zero-order valence-electron chi connectivity index (χ0n) is 18.7.